The minimum absolute atomic E-state index is 0.105. The van der Waals surface area contributed by atoms with Crippen molar-refractivity contribution in [2.75, 3.05) is 37.2 Å². The zero-order valence-corrected chi connectivity index (χ0v) is 11.3. The lowest BCUT2D eigenvalue weighted by atomic mass is 10.1. The lowest BCUT2D eigenvalue weighted by Crippen LogP contribution is -2.22. The molecule has 3 N–H and O–H groups in total. The maximum absolute atomic E-state index is 12.9. The molecule has 1 aliphatic heterocycles. The molecular formula is C14H20F3N3. The molecule has 0 spiro atoms. The van der Waals surface area contributed by atoms with E-state index >= 15 is 0 Å². The first-order valence-corrected chi connectivity index (χ1v) is 6.90. The molecule has 0 aliphatic carbocycles. The quantitative estimate of drug-likeness (QED) is 0.645. The number of halogens is 3. The van der Waals surface area contributed by atoms with Crippen molar-refractivity contribution in [2.24, 2.45) is 0 Å². The number of nitrogens with one attached hydrogen (secondary N) is 1. The Morgan fingerprint density at radius 3 is 2.55 bits per heavy atom. The number of nitrogen functional groups attached to an aromatic ring is 1. The zero-order valence-electron chi connectivity index (χ0n) is 11.3. The van der Waals surface area contributed by atoms with Gasteiger partial charge < -0.3 is 16.0 Å². The van der Waals surface area contributed by atoms with E-state index in [0.717, 1.165) is 32.1 Å². The number of benzene rings is 1. The summed E-state index contributed by atoms with van der Waals surface area (Å²) in [7, 11) is 0. The van der Waals surface area contributed by atoms with E-state index in [-0.39, 0.29) is 11.4 Å². The van der Waals surface area contributed by atoms with E-state index in [2.05, 4.69) is 10.2 Å². The highest BCUT2D eigenvalue weighted by Gasteiger charge is 2.33. The molecule has 0 atom stereocenters. The molecule has 1 fully saturated rings. The Hall–Kier alpha value is -1.43. The van der Waals surface area contributed by atoms with E-state index in [0.29, 0.717) is 6.54 Å². The molecular weight excluding hydrogens is 267 g/mol. The maximum Gasteiger partial charge on any atom is 0.418 e. The van der Waals surface area contributed by atoms with Crippen LogP contribution >= 0.6 is 0 Å². The second-order valence-corrected chi connectivity index (χ2v) is 5.13. The van der Waals surface area contributed by atoms with Crippen LogP contribution in [0.25, 0.3) is 0 Å². The first-order chi connectivity index (χ1) is 9.47. The van der Waals surface area contributed by atoms with Crippen LogP contribution in [0.4, 0.5) is 24.5 Å². The number of hydrogen-bond donors (Lipinski definition) is 2. The molecule has 2 rings (SSSR count). The summed E-state index contributed by atoms with van der Waals surface area (Å²) < 4.78 is 38.6. The van der Waals surface area contributed by atoms with E-state index in [4.69, 9.17) is 5.73 Å². The van der Waals surface area contributed by atoms with Gasteiger partial charge in [-0.2, -0.15) is 13.2 Å². The molecule has 3 nitrogen and oxygen atoms in total. The Bertz CT molecular complexity index is 440. The monoisotopic (exact) mass is 287 g/mol. The molecule has 6 heteroatoms. The first kappa shape index (κ1) is 15.0. The highest BCUT2D eigenvalue weighted by Crippen LogP contribution is 2.35. The summed E-state index contributed by atoms with van der Waals surface area (Å²) in [5.74, 6) is 0. The normalized spacial score (nSPS) is 16.6. The topological polar surface area (TPSA) is 41.3 Å². The minimum atomic E-state index is -4.38. The molecule has 0 aromatic heterocycles. The number of anilines is 2. The lowest BCUT2D eigenvalue weighted by Gasteiger charge is -2.17. The molecule has 0 bridgehead atoms. The van der Waals surface area contributed by atoms with Gasteiger partial charge in [0.25, 0.3) is 0 Å². The Labute approximate surface area is 116 Å². The fourth-order valence-electron chi connectivity index (χ4n) is 2.48. The Morgan fingerprint density at radius 2 is 1.90 bits per heavy atom. The van der Waals surface area contributed by atoms with E-state index in [1.54, 1.807) is 0 Å². The van der Waals surface area contributed by atoms with Crippen LogP contribution < -0.4 is 11.1 Å². The van der Waals surface area contributed by atoms with Crippen LogP contribution in [0.15, 0.2) is 18.2 Å². The number of likely N-dealkylation sites (tertiary alicyclic amines) is 1. The van der Waals surface area contributed by atoms with Gasteiger partial charge in [-0.3, -0.25) is 0 Å². The molecule has 1 heterocycles. The van der Waals surface area contributed by atoms with E-state index in [1.807, 2.05) is 0 Å². The largest absolute Gasteiger partial charge is 0.418 e. The molecule has 1 aromatic carbocycles. The Morgan fingerprint density at radius 1 is 1.20 bits per heavy atom. The summed E-state index contributed by atoms with van der Waals surface area (Å²) in [6.45, 7) is 3.68. The predicted molar refractivity (Wildman–Crippen MR) is 74.6 cm³/mol. The van der Waals surface area contributed by atoms with Crippen LogP contribution in [0.1, 0.15) is 24.8 Å². The van der Waals surface area contributed by atoms with E-state index in [9.17, 15) is 13.2 Å². The molecule has 112 valence electrons. The van der Waals surface area contributed by atoms with Crippen molar-refractivity contribution in [2.45, 2.75) is 25.4 Å². The van der Waals surface area contributed by atoms with Gasteiger partial charge in [0.05, 0.1) is 5.56 Å². The van der Waals surface area contributed by atoms with Crippen LogP contribution in [-0.2, 0) is 6.18 Å². The van der Waals surface area contributed by atoms with Crippen LogP contribution in [-0.4, -0.2) is 31.1 Å². The standard InChI is InChI=1S/C14H20F3N3/c15-14(16,17)12-10-11(18)4-5-13(12)19-6-3-9-20-7-1-2-8-20/h4-5,10,19H,1-3,6-9,18H2. The van der Waals surface area contributed by atoms with Crippen LogP contribution in [0.5, 0.6) is 0 Å². The third-order valence-electron chi connectivity index (χ3n) is 3.51. The summed E-state index contributed by atoms with van der Waals surface area (Å²) in [5.41, 5.74) is 4.96. The van der Waals surface area contributed by atoms with Gasteiger partial charge in [0.2, 0.25) is 0 Å². The second kappa shape index (κ2) is 6.35. The van der Waals surface area contributed by atoms with Crippen molar-refractivity contribution >= 4 is 11.4 Å². The molecule has 0 radical (unpaired) electrons. The summed E-state index contributed by atoms with van der Waals surface area (Å²) in [6.07, 6.45) is -1.10. The Balaban J connectivity index is 1.88. The summed E-state index contributed by atoms with van der Waals surface area (Å²) in [5, 5.41) is 2.87. The van der Waals surface area contributed by atoms with Crippen molar-refractivity contribution in [3.05, 3.63) is 23.8 Å². The molecule has 1 aromatic rings. The number of nitrogens with zero attached hydrogens (tertiary/aromatic N) is 1. The zero-order chi connectivity index (χ0) is 14.6. The van der Waals surface area contributed by atoms with Crippen molar-refractivity contribution in [3.63, 3.8) is 0 Å². The van der Waals surface area contributed by atoms with Gasteiger partial charge in [0, 0.05) is 17.9 Å². The van der Waals surface area contributed by atoms with E-state index < -0.39 is 11.7 Å². The third-order valence-corrected chi connectivity index (χ3v) is 3.51. The van der Waals surface area contributed by atoms with Gasteiger partial charge in [-0.25, -0.2) is 0 Å². The third kappa shape index (κ3) is 4.03. The summed E-state index contributed by atoms with van der Waals surface area (Å²) >= 11 is 0. The van der Waals surface area contributed by atoms with Crippen molar-refractivity contribution < 1.29 is 13.2 Å². The van der Waals surface area contributed by atoms with Gasteiger partial charge in [-0.1, -0.05) is 0 Å². The number of alkyl halides is 3. The van der Waals surface area contributed by atoms with Crippen LogP contribution in [0, 0.1) is 0 Å². The second-order valence-electron chi connectivity index (χ2n) is 5.13. The summed E-state index contributed by atoms with van der Waals surface area (Å²) in [4.78, 5) is 2.34. The van der Waals surface area contributed by atoms with E-state index in [1.165, 1.54) is 25.0 Å². The average Bonchev–Trinajstić information content (AvgIpc) is 2.88. The van der Waals surface area contributed by atoms with Gasteiger partial charge in [0.15, 0.2) is 0 Å². The number of hydrogen-bond acceptors (Lipinski definition) is 3. The average molecular weight is 287 g/mol. The minimum Gasteiger partial charge on any atom is -0.399 e. The molecule has 0 amide bonds. The molecule has 20 heavy (non-hydrogen) atoms. The van der Waals surface area contributed by atoms with Crippen molar-refractivity contribution in [1.29, 1.82) is 0 Å². The maximum atomic E-state index is 12.9. The smallest absolute Gasteiger partial charge is 0.399 e. The van der Waals surface area contributed by atoms with Crippen LogP contribution in [0.2, 0.25) is 0 Å². The first-order valence-electron chi connectivity index (χ1n) is 6.90. The molecule has 0 saturated carbocycles. The Kier molecular flexibility index (Phi) is 4.75. The predicted octanol–water partition coefficient (Wildman–Crippen LogP) is 3.19. The van der Waals surface area contributed by atoms with Gasteiger partial charge in [-0.15, -0.1) is 0 Å². The molecule has 1 saturated heterocycles. The van der Waals surface area contributed by atoms with Crippen molar-refractivity contribution in [3.8, 4) is 0 Å². The number of nitrogens with two attached hydrogens (primary N) is 1. The summed E-state index contributed by atoms with van der Waals surface area (Å²) in [6, 6.07) is 3.86. The lowest BCUT2D eigenvalue weighted by molar-refractivity contribution is -0.136. The fraction of sp³-hybridized carbons (Fsp3) is 0.571. The van der Waals surface area contributed by atoms with Gasteiger partial charge in [0.1, 0.15) is 0 Å². The van der Waals surface area contributed by atoms with Gasteiger partial charge in [-0.05, 0) is 57.1 Å². The fourth-order valence-corrected chi connectivity index (χ4v) is 2.48. The van der Waals surface area contributed by atoms with Crippen molar-refractivity contribution in [1.82, 2.24) is 4.90 Å². The highest BCUT2D eigenvalue weighted by atomic mass is 19.4. The SMILES string of the molecule is Nc1ccc(NCCCN2CCCC2)c(C(F)(F)F)c1. The molecule has 1 aliphatic rings. The highest BCUT2D eigenvalue weighted by molar-refractivity contribution is 5.59. The van der Waals surface area contributed by atoms with Crippen LogP contribution in [0.3, 0.4) is 0 Å². The number of rotatable bonds is 5. The van der Waals surface area contributed by atoms with Gasteiger partial charge >= 0.3 is 6.18 Å². The molecule has 0 unspecified atom stereocenters.